The maximum absolute atomic E-state index is 4.15. The Morgan fingerprint density at radius 2 is 2.09 bits per heavy atom. The van der Waals surface area contributed by atoms with Gasteiger partial charge in [-0.2, -0.15) is 0 Å². The Bertz CT molecular complexity index is 206. The molecule has 11 heavy (non-hydrogen) atoms. The molecule has 1 rings (SSSR count). The summed E-state index contributed by atoms with van der Waals surface area (Å²) in [7, 11) is 3.70. The average molecular weight is 152 g/mol. The van der Waals surface area contributed by atoms with E-state index in [1.54, 1.807) is 12.4 Å². The Morgan fingerprint density at radius 3 is 2.55 bits per heavy atom. The molecule has 0 atom stereocenters. The minimum Gasteiger partial charge on any atom is -0.372 e. The van der Waals surface area contributed by atoms with Crippen molar-refractivity contribution in [3.63, 3.8) is 0 Å². The first kappa shape index (κ1) is 7.94. The second-order valence-corrected chi connectivity index (χ2v) is 2.17. The van der Waals surface area contributed by atoms with Crippen molar-refractivity contribution in [3.05, 3.63) is 18.1 Å². The van der Waals surface area contributed by atoms with Crippen molar-refractivity contribution in [2.45, 2.75) is 6.54 Å². The molecule has 1 heterocycles. The van der Waals surface area contributed by atoms with Gasteiger partial charge in [0, 0.05) is 13.6 Å². The van der Waals surface area contributed by atoms with Gasteiger partial charge in [0.15, 0.2) is 0 Å². The standard InChI is InChI=1S/C7H12N4/c1-8-3-6-4-11-7(9-2)5-10-6/h4-5,8H,3H2,1-2H3,(H,9,11). The van der Waals surface area contributed by atoms with Crippen LogP contribution in [-0.4, -0.2) is 24.1 Å². The van der Waals surface area contributed by atoms with E-state index >= 15 is 0 Å². The summed E-state index contributed by atoms with van der Waals surface area (Å²) >= 11 is 0. The van der Waals surface area contributed by atoms with Crippen molar-refractivity contribution in [3.8, 4) is 0 Å². The predicted octanol–water partition coefficient (Wildman–Crippen LogP) is 0.238. The van der Waals surface area contributed by atoms with Crippen molar-refractivity contribution in [2.24, 2.45) is 0 Å². The number of hydrogen-bond acceptors (Lipinski definition) is 4. The fourth-order valence-electron chi connectivity index (χ4n) is 0.756. The lowest BCUT2D eigenvalue weighted by atomic mass is 10.4. The van der Waals surface area contributed by atoms with Crippen LogP contribution in [0.1, 0.15) is 5.69 Å². The van der Waals surface area contributed by atoms with Gasteiger partial charge in [-0.05, 0) is 7.05 Å². The molecule has 0 bridgehead atoms. The van der Waals surface area contributed by atoms with E-state index in [2.05, 4.69) is 20.6 Å². The van der Waals surface area contributed by atoms with Crippen LogP contribution in [0.2, 0.25) is 0 Å². The van der Waals surface area contributed by atoms with Gasteiger partial charge in [-0.15, -0.1) is 0 Å². The van der Waals surface area contributed by atoms with Crippen molar-refractivity contribution >= 4 is 5.82 Å². The third-order valence-corrected chi connectivity index (χ3v) is 1.32. The molecule has 0 aliphatic carbocycles. The summed E-state index contributed by atoms with van der Waals surface area (Å²) in [5, 5.41) is 5.90. The lowest BCUT2D eigenvalue weighted by Crippen LogP contribution is -2.07. The van der Waals surface area contributed by atoms with E-state index < -0.39 is 0 Å². The summed E-state index contributed by atoms with van der Waals surface area (Å²) in [4.78, 5) is 8.25. The number of nitrogens with zero attached hydrogens (tertiary/aromatic N) is 2. The van der Waals surface area contributed by atoms with Crippen LogP contribution in [0.4, 0.5) is 5.82 Å². The van der Waals surface area contributed by atoms with Crippen LogP contribution in [0, 0.1) is 0 Å². The van der Waals surface area contributed by atoms with Gasteiger partial charge in [0.25, 0.3) is 0 Å². The lowest BCUT2D eigenvalue weighted by Gasteiger charge is -1.99. The second kappa shape index (κ2) is 3.88. The zero-order chi connectivity index (χ0) is 8.10. The highest BCUT2D eigenvalue weighted by Gasteiger charge is 1.92. The van der Waals surface area contributed by atoms with E-state index in [0.717, 1.165) is 18.1 Å². The third kappa shape index (κ3) is 2.16. The molecule has 0 radical (unpaired) electrons. The minimum atomic E-state index is 0.761. The molecule has 1 aromatic heterocycles. The van der Waals surface area contributed by atoms with Crippen molar-refractivity contribution in [1.29, 1.82) is 0 Å². The summed E-state index contributed by atoms with van der Waals surface area (Å²) in [5.41, 5.74) is 0.950. The van der Waals surface area contributed by atoms with Crippen LogP contribution in [0.15, 0.2) is 12.4 Å². The number of aromatic nitrogens is 2. The second-order valence-electron chi connectivity index (χ2n) is 2.17. The monoisotopic (exact) mass is 152 g/mol. The molecule has 0 fully saturated rings. The van der Waals surface area contributed by atoms with Gasteiger partial charge >= 0.3 is 0 Å². The zero-order valence-electron chi connectivity index (χ0n) is 6.76. The molecule has 0 spiro atoms. The summed E-state index contributed by atoms with van der Waals surface area (Å²) in [5.74, 6) is 0.796. The topological polar surface area (TPSA) is 49.8 Å². The normalized spacial score (nSPS) is 9.64. The molecular formula is C7H12N4. The quantitative estimate of drug-likeness (QED) is 0.651. The molecule has 0 saturated carbocycles. The van der Waals surface area contributed by atoms with E-state index in [1.165, 1.54) is 0 Å². The van der Waals surface area contributed by atoms with Crippen molar-refractivity contribution < 1.29 is 0 Å². The summed E-state index contributed by atoms with van der Waals surface area (Å²) in [6.07, 6.45) is 3.47. The van der Waals surface area contributed by atoms with Gasteiger partial charge < -0.3 is 10.6 Å². The molecule has 0 aliphatic rings. The molecule has 1 aromatic rings. The molecule has 2 N–H and O–H groups in total. The Balaban J connectivity index is 2.66. The Hall–Kier alpha value is -1.16. The molecule has 4 heteroatoms. The Labute approximate surface area is 66.1 Å². The molecule has 0 amide bonds. The summed E-state index contributed by atoms with van der Waals surface area (Å²) in [6, 6.07) is 0. The van der Waals surface area contributed by atoms with Crippen LogP contribution in [-0.2, 0) is 6.54 Å². The van der Waals surface area contributed by atoms with Crippen LogP contribution in [0.3, 0.4) is 0 Å². The van der Waals surface area contributed by atoms with E-state index in [4.69, 9.17) is 0 Å². The highest BCUT2D eigenvalue weighted by atomic mass is 15.0. The van der Waals surface area contributed by atoms with Gasteiger partial charge in [0.2, 0.25) is 0 Å². The van der Waals surface area contributed by atoms with Crippen LogP contribution >= 0.6 is 0 Å². The van der Waals surface area contributed by atoms with Gasteiger partial charge in [-0.3, -0.25) is 4.98 Å². The van der Waals surface area contributed by atoms with Gasteiger partial charge in [0.05, 0.1) is 18.1 Å². The van der Waals surface area contributed by atoms with Gasteiger partial charge in [-0.1, -0.05) is 0 Å². The van der Waals surface area contributed by atoms with Crippen molar-refractivity contribution in [2.75, 3.05) is 19.4 Å². The van der Waals surface area contributed by atoms with Crippen LogP contribution in [0.5, 0.6) is 0 Å². The van der Waals surface area contributed by atoms with E-state index in [0.29, 0.717) is 0 Å². The van der Waals surface area contributed by atoms with Crippen molar-refractivity contribution in [1.82, 2.24) is 15.3 Å². The number of rotatable bonds is 3. The number of anilines is 1. The zero-order valence-corrected chi connectivity index (χ0v) is 6.76. The average Bonchev–Trinajstić information content (AvgIpc) is 2.07. The summed E-state index contributed by atoms with van der Waals surface area (Å²) < 4.78 is 0. The lowest BCUT2D eigenvalue weighted by molar-refractivity contribution is 0.785. The smallest absolute Gasteiger partial charge is 0.144 e. The SMILES string of the molecule is CNCc1cnc(NC)cn1. The maximum Gasteiger partial charge on any atom is 0.144 e. The van der Waals surface area contributed by atoms with E-state index in [9.17, 15) is 0 Å². The van der Waals surface area contributed by atoms with Crippen LogP contribution < -0.4 is 10.6 Å². The number of hydrogen-bond donors (Lipinski definition) is 2. The fraction of sp³-hybridized carbons (Fsp3) is 0.429. The Morgan fingerprint density at radius 1 is 1.27 bits per heavy atom. The first-order chi connectivity index (χ1) is 5.36. The molecule has 0 aromatic carbocycles. The van der Waals surface area contributed by atoms with Gasteiger partial charge in [-0.25, -0.2) is 4.98 Å². The largest absolute Gasteiger partial charge is 0.372 e. The fourth-order valence-corrected chi connectivity index (χ4v) is 0.756. The molecular weight excluding hydrogens is 140 g/mol. The molecule has 60 valence electrons. The minimum absolute atomic E-state index is 0.761. The third-order valence-electron chi connectivity index (χ3n) is 1.32. The predicted molar refractivity (Wildman–Crippen MR) is 44.3 cm³/mol. The number of nitrogens with one attached hydrogen (secondary N) is 2. The highest BCUT2D eigenvalue weighted by Crippen LogP contribution is 1.98. The van der Waals surface area contributed by atoms with Gasteiger partial charge in [0.1, 0.15) is 5.82 Å². The molecule has 0 saturated heterocycles. The van der Waals surface area contributed by atoms with Crippen LogP contribution in [0.25, 0.3) is 0 Å². The van der Waals surface area contributed by atoms with E-state index in [-0.39, 0.29) is 0 Å². The molecule has 0 unspecified atom stereocenters. The van der Waals surface area contributed by atoms with E-state index in [1.807, 2.05) is 14.1 Å². The first-order valence-corrected chi connectivity index (χ1v) is 3.50. The Kier molecular flexibility index (Phi) is 2.80. The molecule has 0 aliphatic heterocycles. The molecule has 4 nitrogen and oxygen atoms in total. The maximum atomic E-state index is 4.15. The first-order valence-electron chi connectivity index (χ1n) is 3.50. The highest BCUT2D eigenvalue weighted by molar-refractivity contribution is 5.29. The summed E-state index contributed by atoms with van der Waals surface area (Å²) in [6.45, 7) is 0.761.